The molecule has 1 aromatic carbocycles. The van der Waals surface area contributed by atoms with Crippen LogP contribution in [0.15, 0.2) is 29.3 Å². The molecule has 1 aromatic rings. The second-order valence-electron chi connectivity index (χ2n) is 6.32. The van der Waals surface area contributed by atoms with E-state index >= 15 is 0 Å². The number of aliphatic imine (C=N–C) groups is 1. The maximum absolute atomic E-state index is 12.8. The van der Waals surface area contributed by atoms with Crippen molar-refractivity contribution in [1.82, 2.24) is 9.80 Å². The first kappa shape index (κ1) is 18.9. The molecule has 1 saturated heterocycles. The largest absolute Gasteiger partial charge is 0.358 e. The number of carbonyl (C=O) groups excluding carboxylic acids is 2. The maximum atomic E-state index is 12.8. The van der Waals surface area contributed by atoms with Crippen molar-refractivity contribution >= 4 is 46.3 Å². The van der Waals surface area contributed by atoms with E-state index in [2.05, 4.69) is 11.9 Å². The second kappa shape index (κ2) is 7.80. The van der Waals surface area contributed by atoms with Crippen LogP contribution in [0.4, 0.5) is 4.79 Å². The Labute approximate surface area is 162 Å². The Morgan fingerprint density at radius 2 is 1.96 bits per heavy atom. The molecule has 2 aliphatic heterocycles. The van der Waals surface area contributed by atoms with Crippen molar-refractivity contribution in [2.24, 2.45) is 4.99 Å². The third-order valence-corrected chi connectivity index (χ3v) is 5.97. The molecule has 2 aliphatic rings. The number of halogens is 1. The van der Waals surface area contributed by atoms with Crippen LogP contribution >= 0.6 is 23.4 Å². The lowest BCUT2D eigenvalue weighted by atomic mass is 10.1. The van der Waals surface area contributed by atoms with Gasteiger partial charge >= 0.3 is 11.2 Å². The average Bonchev–Trinajstić information content (AvgIpc) is 2.99. The van der Waals surface area contributed by atoms with Crippen LogP contribution in [0, 0.1) is 0 Å². The van der Waals surface area contributed by atoms with Crippen molar-refractivity contribution in [1.29, 1.82) is 0 Å². The van der Waals surface area contributed by atoms with Crippen molar-refractivity contribution in [3.63, 3.8) is 0 Å². The number of carbonyl (C=O) groups is 2. The Bertz CT molecular complexity index is 808. The first-order valence-electron chi connectivity index (χ1n) is 8.59. The Morgan fingerprint density at radius 3 is 2.65 bits per heavy atom. The Hall–Kier alpha value is -1.86. The van der Waals surface area contributed by atoms with Gasteiger partial charge in [0.1, 0.15) is 6.54 Å². The van der Waals surface area contributed by atoms with E-state index < -0.39 is 6.04 Å². The minimum absolute atomic E-state index is 0.259. The van der Waals surface area contributed by atoms with Crippen LogP contribution in [0.2, 0.25) is 5.02 Å². The first-order chi connectivity index (χ1) is 12.5. The van der Waals surface area contributed by atoms with Crippen LogP contribution in [0.25, 0.3) is 0 Å². The van der Waals surface area contributed by atoms with E-state index in [0.29, 0.717) is 17.4 Å². The summed E-state index contributed by atoms with van der Waals surface area (Å²) in [5.74, 6) is 1.14. The fraction of sp³-hybridized carbons (Fsp3) is 0.444. The number of hydrogen-bond acceptors (Lipinski definition) is 4. The monoisotopic (exact) mass is 393 g/mol. The Balaban J connectivity index is 1.98. The van der Waals surface area contributed by atoms with Gasteiger partial charge in [0.2, 0.25) is 0 Å². The van der Waals surface area contributed by atoms with Crippen molar-refractivity contribution in [3.05, 3.63) is 34.9 Å². The highest BCUT2D eigenvalue weighted by Gasteiger charge is 2.53. The van der Waals surface area contributed by atoms with Crippen LogP contribution in [-0.4, -0.2) is 63.2 Å². The van der Waals surface area contributed by atoms with E-state index in [1.807, 2.05) is 28.8 Å². The standard InChI is InChI=1S/C18H22ClN4O2S/c1-4-5-10-26-17-20-15-14(16(24)22(3)18(25)21(15)2)23(17)11-12-8-6-7-9-13(12)19/h6-9,14H,4-5,10-11H2,1-3H3/q+1. The third kappa shape index (κ3) is 3.38. The number of hydrogen-bond donors (Lipinski definition) is 0. The highest BCUT2D eigenvalue weighted by atomic mass is 35.5. The van der Waals surface area contributed by atoms with Gasteiger partial charge in [-0.25, -0.2) is 9.37 Å². The average molecular weight is 394 g/mol. The molecule has 0 N–H and O–H groups in total. The molecule has 26 heavy (non-hydrogen) atoms. The minimum atomic E-state index is -0.594. The zero-order valence-corrected chi connectivity index (χ0v) is 16.7. The van der Waals surface area contributed by atoms with Gasteiger partial charge in [0, 0.05) is 30.4 Å². The molecule has 1 unspecified atom stereocenters. The molecule has 3 amide bonds. The van der Waals surface area contributed by atoms with E-state index in [9.17, 15) is 9.59 Å². The summed E-state index contributed by atoms with van der Waals surface area (Å²) < 4.78 is 1.96. The molecule has 8 heteroatoms. The zero-order chi connectivity index (χ0) is 18.8. The van der Waals surface area contributed by atoms with Gasteiger partial charge in [0.25, 0.3) is 17.8 Å². The summed E-state index contributed by atoms with van der Waals surface area (Å²) in [4.78, 5) is 32.3. The van der Waals surface area contributed by atoms with E-state index in [-0.39, 0.29) is 11.9 Å². The molecule has 0 radical (unpaired) electrons. The van der Waals surface area contributed by atoms with Crippen LogP contribution in [0.5, 0.6) is 0 Å². The van der Waals surface area contributed by atoms with Gasteiger partial charge in [-0.05, 0) is 29.2 Å². The van der Waals surface area contributed by atoms with Crippen LogP contribution < -0.4 is 0 Å². The van der Waals surface area contributed by atoms with Crippen LogP contribution in [0.3, 0.4) is 0 Å². The maximum Gasteiger partial charge on any atom is 0.358 e. The molecule has 0 aromatic heterocycles. The molecule has 0 bridgehead atoms. The summed E-state index contributed by atoms with van der Waals surface area (Å²) in [5, 5.41) is 1.42. The molecule has 0 saturated carbocycles. The van der Waals surface area contributed by atoms with Crippen molar-refractivity contribution < 1.29 is 14.2 Å². The Morgan fingerprint density at radius 1 is 1.23 bits per heavy atom. The predicted molar refractivity (Wildman–Crippen MR) is 105 cm³/mol. The quantitative estimate of drug-likeness (QED) is 0.570. The number of likely N-dealkylation sites (N-methyl/N-ethyl adjacent to an activating group) is 2. The van der Waals surface area contributed by atoms with Gasteiger partial charge < -0.3 is 0 Å². The number of rotatable bonds is 5. The smallest absolute Gasteiger partial charge is 0.269 e. The van der Waals surface area contributed by atoms with Crippen LogP contribution in [-0.2, 0) is 11.3 Å². The van der Waals surface area contributed by atoms with Gasteiger partial charge in [0.15, 0.2) is 0 Å². The molecule has 1 fully saturated rings. The van der Waals surface area contributed by atoms with Gasteiger partial charge in [-0.2, -0.15) is 0 Å². The van der Waals surface area contributed by atoms with Crippen molar-refractivity contribution in [3.8, 4) is 0 Å². The lowest BCUT2D eigenvalue weighted by Crippen LogP contribution is -2.61. The molecular formula is C18H22ClN4O2S+. The zero-order valence-electron chi connectivity index (χ0n) is 15.1. The highest BCUT2D eigenvalue weighted by Crippen LogP contribution is 2.26. The summed E-state index contributed by atoms with van der Waals surface area (Å²) in [6.45, 7) is 2.60. The van der Waals surface area contributed by atoms with E-state index in [1.165, 1.54) is 11.9 Å². The molecule has 138 valence electrons. The van der Waals surface area contributed by atoms with Gasteiger partial charge in [-0.15, -0.1) is 0 Å². The number of nitrogens with zero attached hydrogens (tertiary/aromatic N) is 4. The van der Waals surface area contributed by atoms with Crippen molar-refractivity contribution in [2.45, 2.75) is 32.4 Å². The van der Waals surface area contributed by atoms with E-state index in [0.717, 1.165) is 34.2 Å². The molecule has 6 nitrogen and oxygen atoms in total. The van der Waals surface area contributed by atoms with Gasteiger partial charge in [-0.1, -0.05) is 43.1 Å². The lowest BCUT2D eigenvalue weighted by Gasteiger charge is -2.30. The molecule has 1 atom stereocenters. The number of imide groups is 1. The van der Waals surface area contributed by atoms with Crippen LogP contribution in [0.1, 0.15) is 25.3 Å². The number of unbranched alkanes of at least 4 members (excludes halogenated alkanes) is 1. The predicted octanol–water partition coefficient (Wildman–Crippen LogP) is 3.05. The molecule has 3 rings (SSSR count). The fourth-order valence-corrected chi connectivity index (χ4v) is 4.27. The number of amides is 3. The number of fused-ring (bicyclic) bond motifs is 1. The lowest BCUT2D eigenvalue weighted by molar-refractivity contribution is -0.548. The van der Waals surface area contributed by atoms with Crippen molar-refractivity contribution in [2.75, 3.05) is 19.8 Å². The topological polar surface area (TPSA) is 56.0 Å². The number of thioether (sulfide) groups is 1. The third-order valence-electron chi connectivity index (χ3n) is 4.52. The minimum Gasteiger partial charge on any atom is -0.269 e. The number of amidine groups is 2. The highest BCUT2D eigenvalue weighted by molar-refractivity contribution is 8.13. The van der Waals surface area contributed by atoms with E-state index in [4.69, 9.17) is 11.6 Å². The number of benzene rings is 1. The summed E-state index contributed by atoms with van der Waals surface area (Å²) >= 11 is 7.95. The van der Waals surface area contributed by atoms with Gasteiger partial charge in [0.05, 0.1) is 0 Å². The summed E-state index contributed by atoms with van der Waals surface area (Å²) in [7, 11) is 3.16. The molecule has 0 aliphatic carbocycles. The van der Waals surface area contributed by atoms with E-state index in [1.54, 1.807) is 18.8 Å². The second-order valence-corrected chi connectivity index (χ2v) is 7.78. The summed E-state index contributed by atoms with van der Waals surface area (Å²) in [6, 6.07) is 6.63. The summed E-state index contributed by atoms with van der Waals surface area (Å²) in [5.41, 5.74) is 0.925. The molecule has 2 heterocycles. The Kier molecular flexibility index (Phi) is 5.67. The SMILES string of the molecule is CCCCSC1=[N+](Cc2ccccc2Cl)C2C(=O)N(C)C(=O)N(C)C2=N1. The summed E-state index contributed by atoms with van der Waals surface area (Å²) in [6.07, 6.45) is 2.15. The van der Waals surface area contributed by atoms with Gasteiger partial charge in [-0.3, -0.25) is 14.6 Å². The fourth-order valence-electron chi connectivity index (χ4n) is 2.97. The molecule has 0 spiro atoms. The normalized spacial score (nSPS) is 20.0. The number of urea groups is 1. The first-order valence-corrected chi connectivity index (χ1v) is 9.95. The molecular weight excluding hydrogens is 372 g/mol.